The van der Waals surface area contributed by atoms with Crippen LogP contribution in [0, 0.1) is 0 Å². The molecule has 0 amide bonds. The maximum absolute atomic E-state index is 4.21. The molecular formula is C7H9N3S. The van der Waals surface area contributed by atoms with E-state index in [1.807, 2.05) is 23.0 Å². The van der Waals surface area contributed by atoms with Crippen molar-refractivity contribution in [2.24, 2.45) is 0 Å². The smallest absolute Gasteiger partial charge is 0.154 e. The Bertz CT molecular complexity index is 349. The second-order valence-corrected chi connectivity index (χ2v) is 3.47. The zero-order chi connectivity index (χ0) is 7.68. The van der Waals surface area contributed by atoms with Crippen molar-refractivity contribution in [3.8, 4) is 0 Å². The van der Waals surface area contributed by atoms with Gasteiger partial charge in [0.1, 0.15) is 5.03 Å². The highest BCUT2D eigenvalue weighted by Crippen LogP contribution is 2.17. The van der Waals surface area contributed by atoms with Gasteiger partial charge < -0.3 is 0 Å². The van der Waals surface area contributed by atoms with E-state index in [0.29, 0.717) is 0 Å². The van der Waals surface area contributed by atoms with Crippen LogP contribution in [0.2, 0.25) is 0 Å². The second-order valence-electron chi connectivity index (χ2n) is 2.19. The highest BCUT2D eigenvalue weighted by Gasteiger charge is 2.01. The van der Waals surface area contributed by atoms with Crippen molar-refractivity contribution in [1.82, 2.24) is 14.6 Å². The fourth-order valence-electron chi connectivity index (χ4n) is 1.03. The third kappa shape index (κ3) is 1.03. The summed E-state index contributed by atoms with van der Waals surface area (Å²) in [6, 6.07) is 1.96. The summed E-state index contributed by atoms with van der Waals surface area (Å²) >= 11 is 1.79. The first kappa shape index (κ1) is 6.79. The summed E-state index contributed by atoms with van der Waals surface area (Å²) in [7, 11) is 0. The molecule has 0 unspecified atom stereocenters. The first-order valence-corrected chi connectivity index (χ1v) is 4.54. The van der Waals surface area contributed by atoms with E-state index in [2.05, 4.69) is 17.0 Å². The van der Waals surface area contributed by atoms with Crippen molar-refractivity contribution in [2.45, 2.75) is 11.9 Å². The lowest BCUT2D eigenvalue weighted by atomic mass is 10.7. The van der Waals surface area contributed by atoms with Crippen LogP contribution in [-0.2, 0) is 0 Å². The molecule has 11 heavy (non-hydrogen) atoms. The van der Waals surface area contributed by atoms with Gasteiger partial charge >= 0.3 is 0 Å². The molecule has 0 aliphatic carbocycles. The first-order chi connectivity index (χ1) is 5.42. The largest absolute Gasteiger partial charge is 0.299 e. The van der Waals surface area contributed by atoms with E-state index in [4.69, 9.17) is 0 Å². The van der Waals surface area contributed by atoms with Crippen LogP contribution in [0.5, 0.6) is 0 Å². The number of nitrogens with zero attached hydrogens (tertiary/aromatic N) is 2. The molecule has 4 heteroatoms. The summed E-state index contributed by atoms with van der Waals surface area (Å²) in [6.45, 7) is 2.13. The standard InChI is InChI=1S/C7H9N3S/c1-2-11-7-5-8-6-3-4-9-10(6)7/h3-5,9H,2H2,1H3. The highest BCUT2D eigenvalue weighted by molar-refractivity contribution is 7.99. The van der Waals surface area contributed by atoms with Gasteiger partial charge in [0.2, 0.25) is 0 Å². The van der Waals surface area contributed by atoms with Crippen molar-refractivity contribution >= 4 is 17.4 Å². The van der Waals surface area contributed by atoms with Gasteiger partial charge in [-0.25, -0.2) is 9.50 Å². The number of aromatic nitrogens is 3. The quantitative estimate of drug-likeness (QED) is 0.691. The molecule has 0 aliphatic heterocycles. The molecule has 2 aromatic heterocycles. The van der Waals surface area contributed by atoms with Crippen molar-refractivity contribution in [3.63, 3.8) is 0 Å². The van der Waals surface area contributed by atoms with Crippen LogP contribution < -0.4 is 0 Å². The van der Waals surface area contributed by atoms with Gasteiger partial charge in [0.15, 0.2) is 5.65 Å². The summed E-state index contributed by atoms with van der Waals surface area (Å²) in [5.41, 5.74) is 0.987. The lowest BCUT2D eigenvalue weighted by molar-refractivity contribution is 0.882. The van der Waals surface area contributed by atoms with Crippen LogP contribution in [0.4, 0.5) is 0 Å². The zero-order valence-electron chi connectivity index (χ0n) is 6.24. The molecule has 0 saturated heterocycles. The minimum Gasteiger partial charge on any atom is -0.299 e. The Morgan fingerprint density at radius 2 is 2.64 bits per heavy atom. The number of hydrogen-bond acceptors (Lipinski definition) is 2. The zero-order valence-corrected chi connectivity index (χ0v) is 7.06. The molecule has 58 valence electrons. The molecule has 0 saturated carbocycles. The van der Waals surface area contributed by atoms with Crippen LogP contribution in [-0.4, -0.2) is 20.4 Å². The number of fused-ring (bicyclic) bond motifs is 1. The van der Waals surface area contributed by atoms with Gasteiger partial charge in [0, 0.05) is 12.3 Å². The van der Waals surface area contributed by atoms with Crippen molar-refractivity contribution in [1.29, 1.82) is 0 Å². The fourth-order valence-corrected chi connectivity index (χ4v) is 1.73. The summed E-state index contributed by atoms with van der Waals surface area (Å²) in [5, 5.41) is 4.26. The van der Waals surface area contributed by atoms with Crippen LogP contribution in [0.25, 0.3) is 5.65 Å². The number of nitrogens with one attached hydrogen (secondary N) is 1. The molecule has 0 bridgehead atoms. The Balaban J connectivity index is 2.51. The maximum atomic E-state index is 4.21. The predicted octanol–water partition coefficient (Wildman–Crippen LogP) is 1.77. The summed E-state index contributed by atoms with van der Waals surface area (Å²) < 4.78 is 1.98. The van der Waals surface area contributed by atoms with E-state index >= 15 is 0 Å². The Morgan fingerprint density at radius 1 is 1.73 bits per heavy atom. The third-order valence-corrected chi connectivity index (χ3v) is 2.36. The number of rotatable bonds is 2. The fraction of sp³-hybridized carbons (Fsp3) is 0.286. The maximum Gasteiger partial charge on any atom is 0.154 e. The Kier molecular flexibility index (Phi) is 1.62. The molecule has 2 heterocycles. The first-order valence-electron chi connectivity index (χ1n) is 3.55. The number of hydrogen-bond donors (Lipinski definition) is 1. The average molecular weight is 167 g/mol. The van der Waals surface area contributed by atoms with Crippen molar-refractivity contribution < 1.29 is 0 Å². The van der Waals surface area contributed by atoms with E-state index in [9.17, 15) is 0 Å². The van der Waals surface area contributed by atoms with Crippen LogP contribution in [0.15, 0.2) is 23.5 Å². The van der Waals surface area contributed by atoms with Gasteiger partial charge in [-0.15, -0.1) is 11.8 Å². The molecule has 1 N–H and O–H groups in total. The van der Waals surface area contributed by atoms with Crippen LogP contribution in [0.3, 0.4) is 0 Å². The average Bonchev–Trinajstić information content (AvgIpc) is 2.53. The van der Waals surface area contributed by atoms with E-state index in [-0.39, 0.29) is 0 Å². The minimum absolute atomic E-state index is 0.987. The van der Waals surface area contributed by atoms with Crippen molar-refractivity contribution in [3.05, 3.63) is 18.5 Å². The molecule has 2 aromatic rings. The molecular weight excluding hydrogens is 158 g/mol. The Morgan fingerprint density at radius 3 is 3.45 bits per heavy atom. The van der Waals surface area contributed by atoms with Gasteiger partial charge in [-0.3, -0.25) is 5.10 Å². The van der Waals surface area contributed by atoms with Gasteiger partial charge in [0.05, 0.1) is 6.20 Å². The topological polar surface area (TPSA) is 33.1 Å². The Hall–Kier alpha value is -0.900. The van der Waals surface area contributed by atoms with Gasteiger partial charge in [-0.1, -0.05) is 6.92 Å². The molecule has 0 atom stereocenters. The molecule has 0 spiro atoms. The van der Waals surface area contributed by atoms with E-state index < -0.39 is 0 Å². The summed E-state index contributed by atoms with van der Waals surface area (Å²) in [5.74, 6) is 1.08. The van der Waals surface area contributed by atoms with Crippen LogP contribution >= 0.6 is 11.8 Å². The molecule has 0 aliphatic rings. The molecule has 3 nitrogen and oxygen atoms in total. The number of thioether (sulfide) groups is 1. The molecule has 2 rings (SSSR count). The van der Waals surface area contributed by atoms with Crippen molar-refractivity contribution in [2.75, 3.05) is 5.75 Å². The van der Waals surface area contributed by atoms with E-state index in [0.717, 1.165) is 11.4 Å². The lowest BCUT2D eigenvalue weighted by Crippen LogP contribution is -1.84. The van der Waals surface area contributed by atoms with Gasteiger partial charge in [0.25, 0.3) is 0 Å². The predicted molar refractivity (Wildman–Crippen MR) is 45.9 cm³/mol. The summed E-state index contributed by atoms with van der Waals surface area (Å²) in [6.07, 6.45) is 3.78. The third-order valence-electron chi connectivity index (χ3n) is 1.49. The number of imidazole rings is 1. The number of H-pyrrole nitrogens is 1. The normalized spacial score (nSPS) is 11.0. The van der Waals surface area contributed by atoms with Gasteiger partial charge in [-0.05, 0) is 5.75 Å². The van der Waals surface area contributed by atoms with Crippen LogP contribution in [0.1, 0.15) is 6.92 Å². The lowest BCUT2D eigenvalue weighted by Gasteiger charge is -1.92. The monoisotopic (exact) mass is 167 g/mol. The molecule has 0 aromatic carbocycles. The van der Waals surface area contributed by atoms with E-state index in [1.54, 1.807) is 11.8 Å². The van der Waals surface area contributed by atoms with Gasteiger partial charge in [-0.2, -0.15) is 0 Å². The van der Waals surface area contributed by atoms with E-state index in [1.165, 1.54) is 5.03 Å². The minimum atomic E-state index is 0.987. The highest BCUT2D eigenvalue weighted by atomic mass is 32.2. The molecule has 0 fully saturated rings. The summed E-state index contributed by atoms with van der Waals surface area (Å²) in [4.78, 5) is 4.21. The SMILES string of the molecule is CCSc1cnc2cc[nH]n12. The number of aromatic amines is 1. The second kappa shape index (κ2) is 2.62. The molecule has 0 radical (unpaired) electrons. The Labute approximate surface area is 68.8 Å².